The van der Waals surface area contributed by atoms with E-state index in [2.05, 4.69) is 5.32 Å². The number of rotatable bonds is 3. The van der Waals surface area contributed by atoms with Crippen LogP contribution in [0.4, 0.5) is 4.39 Å². The van der Waals surface area contributed by atoms with Gasteiger partial charge >= 0.3 is 0 Å². The lowest BCUT2D eigenvalue weighted by atomic mass is 9.84. The summed E-state index contributed by atoms with van der Waals surface area (Å²) in [6.45, 7) is 0.308. The van der Waals surface area contributed by atoms with Crippen LogP contribution >= 0.6 is 0 Å². The van der Waals surface area contributed by atoms with Crippen molar-refractivity contribution in [1.29, 1.82) is 0 Å². The molecule has 0 saturated heterocycles. The molecule has 27 heavy (non-hydrogen) atoms. The lowest BCUT2D eigenvalue weighted by molar-refractivity contribution is -0.124. The van der Waals surface area contributed by atoms with Crippen LogP contribution in [0.3, 0.4) is 0 Å². The zero-order valence-electron chi connectivity index (χ0n) is 14.8. The third-order valence-electron chi connectivity index (χ3n) is 6.30. The van der Waals surface area contributed by atoms with Gasteiger partial charge in [0.05, 0.1) is 12.0 Å². The zero-order chi connectivity index (χ0) is 18.6. The number of benzene rings is 2. The molecule has 1 heterocycles. The Labute approximate surface area is 156 Å². The summed E-state index contributed by atoms with van der Waals surface area (Å²) in [5.74, 6) is 0.645. The summed E-state index contributed by atoms with van der Waals surface area (Å²) in [5.41, 5.74) is 0.831. The van der Waals surface area contributed by atoms with Crippen molar-refractivity contribution in [2.45, 2.75) is 31.4 Å². The molecular weight excluding hydrogens is 345 g/mol. The number of nitrogens with one attached hydrogen (secondary N) is 1. The van der Waals surface area contributed by atoms with E-state index in [0.29, 0.717) is 24.3 Å². The molecule has 4 atom stereocenters. The molecule has 1 N–H and O–H groups in total. The van der Waals surface area contributed by atoms with E-state index in [-0.39, 0.29) is 35.3 Å². The Morgan fingerprint density at radius 3 is 2.93 bits per heavy atom. The van der Waals surface area contributed by atoms with Crippen molar-refractivity contribution in [3.8, 4) is 5.75 Å². The molecule has 4 unspecified atom stereocenters. The van der Waals surface area contributed by atoms with Crippen molar-refractivity contribution in [2.24, 2.45) is 17.8 Å². The minimum absolute atomic E-state index is 0.0248. The third-order valence-corrected chi connectivity index (χ3v) is 6.30. The quantitative estimate of drug-likeness (QED) is 0.906. The number of fused-ring (bicyclic) bond motifs is 3. The van der Waals surface area contributed by atoms with E-state index >= 15 is 0 Å². The van der Waals surface area contributed by atoms with Crippen molar-refractivity contribution >= 4 is 11.7 Å². The lowest BCUT2D eigenvalue weighted by Gasteiger charge is -2.37. The Morgan fingerprint density at radius 2 is 2.07 bits per heavy atom. The van der Waals surface area contributed by atoms with E-state index in [1.165, 1.54) is 12.1 Å². The van der Waals surface area contributed by atoms with E-state index in [1.54, 1.807) is 18.2 Å². The summed E-state index contributed by atoms with van der Waals surface area (Å²) in [7, 11) is 0. The van der Waals surface area contributed by atoms with Gasteiger partial charge in [-0.15, -0.1) is 0 Å². The van der Waals surface area contributed by atoms with Gasteiger partial charge in [-0.25, -0.2) is 4.39 Å². The van der Waals surface area contributed by atoms with Crippen molar-refractivity contribution in [2.75, 3.05) is 0 Å². The van der Waals surface area contributed by atoms with Gasteiger partial charge in [-0.3, -0.25) is 9.59 Å². The summed E-state index contributed by atoms with van der Waals surface area (Å²) in [6, 6.07) is 13.6. The van der Waals surface area contributed by atoms with Crippen molar-refractivity contribution in [1.82, 2.24) is 5.32 Å². The van der Waals surface area contributed by atoms with Crippen molar-refractivity contribution < 1.29 is 18.7 Å². The smallest absolute Gasteiger partial charge is 0.224 e. The van der Waals surface area contributed by atoms with Crippen molar-refractivity contribution in [3.63, 3.8) is 0 Å². The lowest BCUT2D eigenvalue weighted by Crippen LogP contribution is -2.44. The summed E-state index contributed by atoms with van der Waals surface area (Å²) < 4.78 is 19.6. The molecule has 2 aromatic rings. The molecule has 5 rings (SSSR count). The maximum atomic E-state index is 13.3. The van der Waals surface area contributed by atoms with Crippen LogP contribution in [0.1, 0.15) is 35.2 Å². The first-order valence-corrected chi connectivity index (χ1v) is 9.41. The number of hydrogen-bond acceptors (Lipinski definition) is 3. The molecule has 2 saturated carbocycles. The molecular formula is C22H20FNO3. The van der Waals surface area contributed by atoms with E-state index < -0.39 is 5.60 Å². The topological polar surface area (TPSA) is 55.4 Å². The molecule has 4 nitrogen and oxygen atoms in total. The first-order valence-electron chi connectivity index (χ1n) is 9.41. The fourth-order valence-electron chi connectivity index (χ4n) is 5.07. The first kappa shape index (κ1) is 16.5. The highest BCUT2D eigenvalue weighted by molar-refractivity contribution is 6.00. The van der Waals surface area contributed by atoms with Crippen LogP contribution in [0.25, 0.3) is 0 Å². The number of ketones is 1. The van der Waals surface area contributed by atoms with Crippen LogP contribution in [0.15, 0.2) is 48.5 Å². The Bertz CT molecular complexity index is 943. The maximum absolute atomic E-state index is 13.3. The highest BCUT2D eigenvalue weighted by Crippen LogP contribution is 2.65. The SMILES string of the molecule is O=C1CC2(CCC3C(C(=O)NCc4cccc(F)c4)C32)Oc2ccccc21. The number of ether oxygens (including phenoxy) is 1. The monoisotopic (exact) mass is 365 g/mol. The fourth-order valence-corrected chi connectivity index (χ4v) is 5.07. The van der Waals surface area contributed by atoms with Gasteiger partial charge in [-0.2, -0.15) is 0 Å². The van der Waals surface area contributed by atoms with Crippen LogP contribution in [0.5, 0.6) is 5.75 Å². The Morgan fingerprint density at radius 1 is 1.22 bits per heavy atom. The molecule has 0 aromatic heterocycles. The van der Waals surface area contributed by atoms with Gasteiger partial charge in [0, 0.05) is 18.4 Å². The third kappa shape index (κ3) is 2.64. The number of hydrogen-bond donors (Lipinski definition) is 1. The van der Waals surface area contributed by atoms with E-state index in [4.69, 9.17) is 4.74 Å². The highest BCUT2D eigenvalue weighted by atomic mass is 19.1. The van der Waals surface area contributed by atoms with Gasteiger partial charge in [-0.05, 0) is 48.6 Å². The second-order valence-corrected chi connectivity index (χ2v) is 7.86. The molecule has 2 aromatic carbocycles. The number of carbonyl (C=O) groups is 2. The largest absolute Gasteiger partial charge is 0.486 e. The molecule has 3 aliphatic rings. The molecule has 0 radical (unpaired) electrons. The second kappa shape index (κ2) is 5.91. The second-order valence-electron chi connectivity index (χ2n) is 7.86. The predicted octanol–water partition coefficient (Wildman–Crippen LogP) is 3.50. The number of halogens is 1. The van der Waals surface area contributed by atoms with Gasteiger partial charge in [-0.1, -0.05) is 24.3 Å². The number of amides is 1. The van der Waals surface area contributed by atoms with Gasteiger partial charge in [0.2, 0.25) is 5.91 Å². The fraction of sp³-hybridized carbons (Fsp3) is 0.364. The number of carbonyl (C=O) groups excluding carboxylic acids is 2. The zero-order valence-corrected chi connectivity index (χ0v) is 14.8. The van der Waals surface area contributed by atoms with Crippen molar-refractivity contribution in [3.05, 3.63) is 65.5 Å². The van der Waals surface area contributed by atoms with Gasteiger partial charge in [0.25, 0.3) is 0 Å². The standard InChI is InChI=1S/C22H20FNO3/c23-14-5-3-4-13(10-14)12-24-21(26)19-16-8-9-22(20(16)19)11-17(25)15-6-1-2-7-18(15)27-22/h1-7,10,16,19-20H,8-9,11-12H2,(H,24,26). The van der Waals surface area contributed by atoms with E-state index in [9.17, 15) is 14.0 Å². The Hall–Kier alpha value is -2.69. The molecule has 0 bridgehead atoms. The molecule has 1 amide bonds. The average Bonchev–Trinajstić information content (AvgIpc) is 3.31. The summed E-state index contributed by atoms with van der Waals surface area (Å²) >= 11 is 0. The molecule has 2 aliphatic carbocycles. The molecule has 1 aliphatic heterocycles. The van der Waals surface area contributed by atoms with Crippen LogP contribution < -0.4 is 10.1 Å². The average molecular weight is 365 g/mol. The van der Waals surface area contributed by atoms with Gasteiger partial charge in [0.15, 0.2) is 5.78 Å². The van der Waals surface area contributed by atoms with Crippen LogP contribution in [-0.4, -0.2) is 17.3 Å². The van der Waals surface area contributed by atoms with Crippen LogP contribution in [0, 0.1) is 23.6 Å². The molecule has 2 fully saturated rings. The molecule has 1 spiro atoms. The predicted molar refractivity (Wildman–Crippen MR) is 96.7 cm³/mol. The van der Waals surface area contributed by atoms with Crippen LogP contribution in [0.2, 0.25) is 0 Å². The summed E-state index contributed by atoms with van der Waals surface area (Å²) in [6.07, 6.45) is 2.06. The number of Topliss-reactive ketones (excluding diaryl/α,β-unsaturated/α-hetero) is 1. The molecule has 138 valence electrons. The first-order chi connectivity index (χ1) is 13.1. The van der Waals surface area contributed by atoms with Gasteiger partial charge < -0.3 is 10.1 Å². The molecule has 5 heteroatoms. The number of para-hydroxylation sites is 1. The Kier molecular flexibility index (Phi) is 3.61. The van der Waals surface area contributed by atoms with Crippen LogP contribution in [-0.2, 0) is 11.3 Å². The highest BCUT2D eigenvalue weighted by Gasteiger charge is 2.70. The van der Waals surface area contributed by atoms with E-state index in [0.717, 1.165) is 18.4 Å². The summed E-state index contributed by atoms with van der Waals surface area (Å²) in [5, 5.41) is 2.92. The minimum Gasteiger partial charge on any atom is -0.486 e. The van der Waals surface area contributed by atoms with Gasteiger partial charge in [0.1, 0.15) is 17.2 Å². The normalized spacial score (nSPS) is 30.4. The van der Waals surface area contributed by atoms with E-state index in [1.807, 2.05) is 18.2 Å². The Balaban J connectivity index is 1.30. The minimum atomic E-state index is -0.545. The maximum Gasteiger partial charge on any atom is 0.224 e. The summed E-state index contributed by atoms with van der Waals surface area (Å²) in [4.78, 5) is 25.3.